The van der Waals surface area contributed by atoms with Crippen molar-refractivity contribution in [3.05, 3.63) is 64.6 Å². The van der Waals surface area contributed by atoms with Gasteiger partial charge in [-0.3, -0.25) is 19.3 Å². The maximum atomic E-state index is 13.7. The first-order chi connectivity index (χ1) is 16.2. The van der Waals surface area contributed by atoms with Gasteiger partial charge >= 0.3 is 6.18 Å². The minimum atomic E-state index is -4.72. The molecule has 3 aromatic rings. The molecule has 1 aromatic carbocycles. The van der Waals surface area contributed by atoms with E-state index in [4.69, 9.17) is 15.9 Å². The Morgan fingerprint density at radius 1 is 1.14 bits per heavy atom. The second-order valence-electron chi connectivity index (χ2n) is 8.52. The topological polar surface area (TPSA) is 145 Å². The predicted octanol–water partition coefficient (Wildman–Crippen LogP) is 3.74. The third-order valence-electron chi connectivity index (χ3n) is 4.64. The number of furan rings is 1. The molecule has 1 unspecified atom stereocenters. The van der Waals surface area contributed by atoms with E-state index in [-0.39, 0.29) is 27.7 Å². The molecule has 2 aromatic heterocycles. The number of primary amides is 1. The molecule has 186 valence electrons. The molecule has 0 radical (unpaired) electrons. The van der Waals surface area contributed by atoms with Crippen molar-refractivity contribution >= 4 is 40.6 Å². The van der Waals surface area contributed by atoms with Crippen molar-refractivity contribution in [2.75, 3.05) is 10.6 Å². The summed E-state index contributed by atoms with van der Waals surface area (Å²) in [6.45, 7) is 5.09. The van der Waals surface area contributed by atoms with Gasteiger partial charge < -0.3 is 21.2 Å². The average Bonchev–Trinajstić information content (AvgIpc) is 3.39. The van der Waals surface area contributed by atoms with Crippen LogP contribution < -0.4 is 21.7 Å². The Morgan fingerprint density at radius 3 is 2.34 bits per heavy atom. The Labute approximate surface area is 202 Å². The van der Waals surface area contributed by atoms with Gasteiger partial charge in [0.05, 0.1) is 17.5 Å². The van der Waals surface area contributed by atoms with Crippen LogP contribution in [0.25, 0.3) is 0 Å². The molecule has 1 atom stereocenters. The molecule has 0 aliphatic rings. The molecule has 0 fully saturated rings. The second kappa shape index (κ2) is 9.41. The molecule has 35 heavy (non-hydrogen) atoms. The van der Waals surface area contributed by atoms with Gasteiger partial charge in [0.15, 0.2) is 11.7 Å². The van der Waals surface area contributed by atoms with E-state index < -0.39 is 41.0 Å². The van der Waals surface area contributed by atoms with Gasteiger partial charge in [0.2, 0.25) is 0 Å². The summed E-state index contributed by atoms with van der Waals surface area (Å²) in [5.74, 6) is -2.71. The minimum Gasteiger partial charge on any atom is -0.467 e. The molecule has 2 heterocycles. The van der Waals surface area contributed by atoms with Crippen LogP contribution in [0.4, 0.5) is 24.5 Å². The van der Waals surface area contributed by atoms with Gasteiger partial charge in [-0.05, 0) is 62.6 Å². The van der Waals surface area contributed by atoms with Gasteiger partial charge in [-0.25, -0.2) is 0 Å². The normalized spacial score (nSPS) is 12.7. The first-order valence-corrected chi connectivity index (χ1v) is 10.9. The number of hydrogen-bond acceptors (Lipinski definition) is 7. The van der Waals surface area contributed by atoms with Gasteiger partial charge in [-0.1, -0.05) is 6.07 Å². The molecule has 0 saturated heterocycles. The van der Waals surface area contributed by atoms with Crippen LogP contribution in [0, 0.1) is 0 Å². The number of nitrogen functional groups attached to an aromatic ring is 1. The number of amides is 3. The fraction of sp³-hybridized carbons (Fsp3) is 0.273. The van der Waals surface area contributed by atoms with Gasteiger partial charge in [0.25, 0.3) is 17.7 Å². The highest BCUT2D eigenvalue weighted by Crippen LogP contribution is 2.37. The Morgan fingerprint density at radius 2 is 1.83 bits per heavy atom. The lowest BCUT2D eigenvalue weighted by Crippen LogP contribution is -2.49. The molecule has 0 saturated carbocycles. The molecular formula is C22H22F3N5O4S. The number of carbonyl (C=O) groups excluding carboxylic acids is 3. The molecule has 0 spiro atoms. The second-order valence-corrected chi connectivity index (χ2v) is 9.29. The molecule has 5 N–H and O–H groups in total. The number of hydrogen-bond donors (Lipinski definition) is 3. The highest BCUT2D eigenvalue weighted by Gasteiger charge is 2.40. The van der Waals surface area contributed by atoms with Crippen molar-refractivity contribution in [2.24, 2.45) is 5.73 Å². The zero-order valence-corrected chi connectivity index (χ0v) is 19.7. The van der Waals surface area contributed by atoms with Gasteiger partial charge in [0, 0.05) is 11.2 Å². The number of halogens is 3. The van der Waals surface area contributed by atoms with E-state index in [1.165, 1.54) is 24.5 Å². The number of nitrogens with one attached hydrogen (secondary N) is 1. The summed E-state index contributed by atoms with van der Waals surface area (Å²) in [6.07, 6.45) is -3.46. The van der Waals surface area contributed by atoms with Crippen LogP contribution in [-0.2, 0) is 11.0 Å². The fourth-order valence-corrected chi connectivity index (χ4v) is 3.96. The standard InChI is InChI=1S/C22H22F3N5O4S/c1-21(2,3)28-19(32)16(13-8-5-9-34-13)30(12-7-4-6-11(10-12)22(23,24)25)20(33)17-14(26)15(18(27)31)29-35-17/h4-10,16H,26H2,1-3H3,(H2,27,31)(H,28,32). The van der Waals surface area contributed by atoms with Gasteiger partial charge in [-0.2, -0.15) is 17.5 Å². The molecule has 13 heteroatoms. The number of nitrogens with two attached hydrogens (primary N) is 2. The fourth-order valence-electron chi connectivity index (χ4n) is 3.21. The quantitative estimate of drug-likeness (QED) is 0.462. The summed E-state index contributed by atoms with van der Waals surface area (Å²) >= 11 is 0.533. The third kappa shape index (κ3) is 5.62. The Hall–Kier alpha value is -3.87. The zero-order chi connectivity index (χ0) is 26.1. The molecule has 3 amide bonds. The summed E-state index contributed by atoms with van der Waals surface area (Å²) in [4.78, 5) is 39.3. The summed E-state index contributed by atoms with van der Waals surface area (Å²) in [5, 5.41) is 2.71. The number of carbonyl (C=O) groups is 3. The van der Waals surface area contributed by atoms with Crippen LogP contribution in [0.15, 0.2) is 47.1 Å². The molecule has 0 bridgehead atoms. The van der Waals surface area contributed by atoms with Crippen LogP contribution in [0.1, 0.15) is 58.3 Å². The molecule has 0 aliphatic carbocycles. The van der Waals surface area contributed by atoms with Crippen LogP contribution >= 0.6 is 11.5 Å². The Bertz CT molecular complexity index is 1250. The summed E-state index contributed by atoms with van der Waals surface area (Å²) in [5.41, 5.74) is 8.37. The van der Waals surface area contributed by atoms with Crippen molar-refractivity contribution in [3.63, 3.8) is 0 Å². The van der Waals surface area contributed by atoms with Crippen molar-refractivity contribution < 1.29 is 32.0 Å². The van der Waals surface area contributed by atoms with Crippen LogP contribution in [-0.4, -0.2) is 27.6 Å². The van der Waals surface area contributed by atoms with E-state index in [1.54, 1.807) is 20.8 Å². The Kier molecular flexibility index (Phi) is 6.92. The number of benzene rings is 1. The summed E-state index contributed by atoms with van der Waals surface area (Å²) in [6, 6.07) is 5.24. The highest BCUT2D eigenvalue weighted by atomic mass is 32.1. The lowest BCUT2D eigenvalue weighted by atomic mass is 10.0. The molecule has 3 rings (SSSR count). The lowest BCUT2D eigenvalue weighted by Gasteiger charge is -2.32. The van der Waals surface area contributed by atoms with E-state index >= 15 is 0 Å². The smallest absolute Gasteiger partial charge is 0.416 e. The maximum Gasteiger partial charge on any atom is 0.416 e. The van der Waals surface area contributed by atoms with E-state index in [2.05, 4.69) is 9.69 Å². The van der Waals surface area contributed by atoms with Crippen molar-refractivity contribution in [2.45, 2.75) is 38.5 Å². The van der Waals surface area contributed by atoms with E-state index in [0.717, 1.165) is 23.1 Å². The van der Waals surface area contributed by atoms with E-state index in [9.17, 15) is 27.6 Å². The first kappa shape index (κ1) is 25.7. The van der Waals surface area contributed by atoms with Crippen molar-refractivity contribution in [1.29, 1.82) is 0 Å². The monoisotopic (exact) mass is 509 g/mol. The summed E-state index contributed by atoms with van der Waals surface area (Å²) < 4.78 is 49.6. The van der Waals surface area contributed by atoms with Crippen LogP contribution in [0.2, 0.25) is 0 Å². The van der Waals surface area contributed by atoms with Crippen LogP contribution in [0.3, 0.4) is 0 Å². The number of nitrogens with zero attached hydrogens (tertiary/aromatic N) is 2. The number of anilines is 2. The van der Waals surface area contributed by atoms with E-state index in [1.807, 2.05) is 0 Å². The Balaban J connectivity index is 2.25. The largest absolute Gasteiger partial charge is 0.467 e. The number of rotatable bonds is 6. The third-order valence-corrected chi connectivity index (χ3v) is 5.49. The SMILES string of the molecule is CC(C)(C)NC(=O)C(c1ccco1)N(C(=O)c1snc(C(N)=O)c1N)c1cccc(C(F)(F)F)c1. The number of alkyl halides is 3. The predicted molar refractivity (Wildman–Crippen MR) is 123 cm³/mol. The molecule has 0 aliphatic heterocycles. The minimum absolute atomic E-state index is 0.0178. The first-order valence-electron chi connectivity index (χ1n) is 10.1. The zero-order valence-electron chi connectivity index (χ0n) is 18.8. The van der Waals surface area contributed by atoms with Crippen molar-refractivity contribution in [3.8, 4) is 0 Å². The van der Waals surface area contributed by atoms with Gasteiger partial charge in [0.1, 0.15) is 10.6 Å². The van der Waals surface area contributed by atoms with Crippen molar-refractivity contribution in [1.82, 2.24) is 9.69 Å². The lowest BCUT2D eigenvalue weighted by molar-refractivity contribution is -0.137. The maximum absolute atomic E-state index is 13.7. The van der Waals surface area contributed by atoms with Crippen LogP contribution in [0.5, 0.6) is 0 Å². The van der Waals surface area contributed by atoms with Gasteiger partial charge in [-0.15, -0.1) is 0 Å². The highest BCUT2D eigenvalue weighted by molar-refractivity contribution is 7.09. The number of aromatic nitrogens is 1. The average molecular weight is 510 g/mol. The molecule has 9 nitrogen and oxygen atoms in total. The van der Waals surface area contributed by atoms with E-state index in [0.29, 0.717) is 11.5 Å². The molecular weight excluding hydrogens is 487 g/mol. The summed E-state index contributed by atoms with van der Waals surface area (Å²) in [7, 11) is 0.